The summed E-state index contributed by atoms with van der Waals surface area (Å²) in [6, 6.07) is 13.8. The van der Waals surface area contributed by atoms with Crippen molar-refractivity contribution < 1.29 is 14.3 Å². The van der Waals surface area contributed by atoms with E-state index in [1.165, 1.54) is 12.0 Å². The van der Waals surface area contributed by atoms with Crippen LogP contribution < -0.4 is 10.1 Å². The van der Waals surface area contributed by atoms with Crippen molar-refractivity contribution >= 4 is 29.1 Å². The number of likely N-dealkylation sites (N-methyl/N-ethyl adjacent to an activating group) is 2. The summed E-state index contributed by atoms with van der Waals surface area (Å²) in [6.45, 7) is 0.0226. The molecule has 0 saturated carbocycles. The fourth-order valence-corrected chi connectivity index (χ4v) is 2.92. The van der Waals surface area contributed by atoms with E-state index < -0.39 is 6.04 Å². The van der Waals surface area contributed by atoms with Crippen molar-refractivity contribution in [3.8, 4) is 5.75 Å². The van der Waals surface area contributed by atoms with Gasteiger partial charge in [-0.15, -0.1) is 0 Å². The highest BCUT2D eigenvalue weighted by Gasteiger charge is 2.28. The molecular weight excluding hydrogens is 366 g/mol. The molecular formula is C20H24ClN3O3. The molecule has 7 heteroatoms. The number of hydrogen-bond donors (Lipinski definition) is 1. The fraction of sp³-hybridized carbons (Fsp3) is 0.300. The molecule has 0 aliphatic heterocycles. The standard InChI is InChI=1S/C20H24ClN3O3/c1-23(2)20(26)19(14-8-6-5-7-9-14)24(3)13-18(25)22-16-12-15(21)10-11-17(16)27-4/h5-12,19H,13H2,1-4H3,(H,22,25). The molecule has 27 heavy (non-hydrogen) atoms. The number of carbonyl (C=O) groups is 2. The summed E-state index contributed by atoms with van der Waals surface area (Å²) in [4.78, 5) is 28.5. The van der Waals surface area contributed by atoms with Gasteiger partial charge >= 0.3 is 0 Å². The van der Waals surface area contributed by atoms with Gasteiger partial charge in [-0.05, 0) is 30.8 Å². The van der Waals surface area contributed by atoms with Gasteiger partial charge in [0.05, 0.1) is 19.3 Å². The van der Waals surface area contributed by atoms with Crippen LogP contribution in [-0.2, 0) is 9.59 Å². The molecule has 6 nitrogen and oxygen atoms in total. The topological polar surface area (TPSA) is 61.9 Å². The molecule has 2 amide bonds. The van der Waals surface area contributed by atoms with Crippen LogP contribution in [0.4, 0.5) is 5.69 Å². The van der Waals surface area contributed by atoms with Gasteiger partial charge in [0.15, 0.2) is 0 Å². The van der Waals surface area contributed by atoms with Crippen molar-refractivity contribution in [2.24, 2.45) is 0 Å². The van der Waals surface area contributed by atoms with Gasteiger partial charge < -0.3 is 15.0 Å². The summed E-state index contributed by atoms with van der Waals surface area (Å²) in [5, 5.41) is 3.28. The van der Waals surface area contributed by atoms with E-state index in [1.807, 2.05) is 30.3 Å². The minimum Gasteiger partial charge on any atom is -0.495 e. The number of hydrogen-bond acceptors (Lipinski definition) is 4. The molecule has 2 aromatic rings. The molecule has 1 unspecified atom stereocenters. The van der Waals surface area contributed by atoms with Crippen LogP contribution in [0.5, 0.6) is 5.75 Å². The number of amides is 2. The lowest BCUT2D eigenvalue weighted by Gasteiger charge is -2.29. The van der Waals surface area contributed by atoms with Crippen molar-refractivity contribution in [3.05, 3.63) is 59.1 Å². The number of methoxy groups -OCH3 is 1. The second-order valence-electron chi connectivity index (χ2n) is 6.35. The van der Waals surface area contributed by atoms with Gasteiger partial charge in [0.1, 0.15) is 11.8 Å². The quantitative estimate of drug-likeness (QED) is 0.790. The SMILES string of the molecule is COc1ccc(Cl)cc1NC(=O)CN(C)C(C(=O)N(C)C)c1ccccc1. The highest BCUT2D eigenvalue weighted by Crippen LogP contribution is 2.28. The summed E-state index contributed by atoms with van der Waals surface area (Å²) in [6.07, 6.45) is 0. The number of rotatable bonds is 7. The van der Waals surface area contributed by atoms with Crippen LogP contribution in [0.2, 0.25) is 5.02 Å². The Hall–Kier alpha value is -2.57. The Morgan fingerprint density at radius 3 is 2.37 bits per heavy atom. The zero-order chi connectivity index (χ0) is 20.0. The van der Waals surface area contributed by atoms with Crippen LogP contribution in [-0.4, -0.2) is 56.4 Å². The minimum absolute atomic E-state index is 0.0226. The maximum atomic E-state index is 12.7. The molecule has 0 bridgehead atoms. The van der Waals surface area contributed by atoms with E-state index in [0.717, 1.165) is 5.56 Å². The van der Waals surface area contributed by atoms with Crippen LogP contribution in [0.1, 0.15) is 11.6 Å². The smallest absolute Gasteiger partial charge is 0.244 e. The Kier molecular flexibility index (Phi) is 7.21. The molecule has 144 valence electrons. The molecule has 2 aromatic carbocycles. The zero-order valence-electron chi connectivity index (χ0n) is 15.9. The number of nitrogens with zero attached hydrogens (tertiary/aromatic N) is 2. The third kappa shape index (κ3) is 5.45. The number of carbonyl (C=O) groups excluding carboxylic acids is 2. The van der Waals surface area contributed by atoms with Crippen LogP contribution in [0, 0.1) is 0 Å². The normalized spacial score (nSPS) is 11.8. The van der Waals surface area contributed by atoms with Crippen molar-refractivity contribution in [1.29, 1.82) is 0 Å². The lowest BCUT2D eigenvalue weighted by atomic mass is 10.0. The lowest BCUT2D eigenvalue weighted by Crippen LogP contribution is -2.41. The predicted molar refractivity (Wildman–Crippen MR) is 107 cm³/mol. The summed E-state index contributed by atoms with van der Waals surface area (Å²) in [7, 11) is 6.66. The van der Waals surface area contributed by atoms with E-state index in [-0.39, 0.29) is 18.4 Å². The number of halogens is 1. The van der Waals surface area contributed by atoms with E-state index in [0.29, 0.717) is 16.5 Å². The number of nitrogens with one attached hydrogen (secondary N) is 1. The first kappa shape index (κ1) is 20.7. The largest absolute Gasteiger partial charge is 0.495 e. The highest BCUT2D eigenvalue weighted by molar-refractivity contribution is 6.31. The summed E-state index contributed by atoms with van der Waals surface area (Å²) in [5.41, 5.74) is 1.31. The average molecular weight is 390 g/mol. The average Bonchev–Trinajstić information content (AvgIpc) is 2.62. The third-order valence-corrected chi connectivity index (χ3v) is 4.29. The van der Waals surface area contributed by atoms with Crippen LogP contribution in [0.15, 0.2) is 48.5 Å². The highest BCUT2D eigenvalue weighted by atomic mass is 35.5. The van der Waals surface area contributed by atoms with E-state index in [4.69, 9.17) is 16.3 Å². The fourth-order valence-electron chi connectivity index (χ4n) is 2.75. The van der Waals surface area contributed by atoms with Crippen molar-refractivity contribution in [2.45, 2.75) is 6.04 Å². The first-order valence-corrected chi connectivity index (χ1v) is 8.81. The zero-order valence-corrected chi connectivity index (χ0v) is 16.7. The van der Waals surface area contributed by atoms with Gasteiger partial charge in [0, 0.05) is 19.1 Å². The first-order valence-electron chi connectivity index (χ1n) is 8.43. The van der Waals surface area contributed by atoms with Crippen molar-refractivity contribution in [1.82, 2.24) is 9.80 Å². The van der Waals surface area contributed by atoms with E-state index in [9.17, 15) is 9.59 Å². The van der Waals surface area contributed by atoms with E-state index in [2.05, 4.69) is 5.32 Å². The van der Waals surface area contributed by atoms with Gasteiger partial charge in [0.2, 0.25) is 11.8 Å². The Bertz CT molecular complexity index is 796. The molecule has 0 aliphatic rings. The number of ether oxygens (including phenoxy) is 1. The Balaban J connectivity index is 2.17. The second-order valence-corrected chi connectivity index (χ2v) is 6.79. The minimum atomic E-state index is -0.562. The molecule has 0 radical (unpaired) electrons. The molecule has 0 saturated heterocycles. The molecule has 0 aromatic heterocycles. The predicted octanol–water partition coefficient (Wildman–Crippen LogP) is 3.05. The monoisotopic (exact) mass is 389 g/mol. The molecule has 0 spiro atoms. The molecule has 1 N–H and O–H groups in total. The van der Waals surface area contributed by atoms with Gasteiger partial charge in [0.25, 0.3) is 0 Å². The Morgan fingerprint density at radius 2 is 1.78 bits per heavy atom. The molecule has 0 aliphatic carbocycles. The molecule has 0 heterocycles. The Morgan fingerprint density at radius 1 is 1.11 bits per heavy atom. The van der Waals surface area contributed by atoms with Gasteiger partial charge in [-0.1, -0.05) is 41.9 Å². The van der Waals surface area contributed by atoms with E-state index >= 15 is 0 Å². The summed E-state index contributed by atoms with van der Waals surface area (Å²) >= 11 is 6.00. The van der Waals surface area contributed by atoms with Crippen LogP contribution >= 0.6 is 11.6 Å². The summed E-state index contributed by atoms with van der Waals surface area (Å²) < 4.78 is 5.24. The Labute approximate surface area is 164 Å². The summed E-state index contributed by atoms with van der Waals surface area (Å²) in [5.74, 6) is 0.141. The van der Waals surface area contributed by atoms with Crippen LogP contribution in [0.3, 0.4) is 0 Å². The third-order valence-electron chi connectivity index (χ3n) is 4.06. The van der Waals surface area contributed by atoms with Crippen LogP contribution in [0.25, 0.3) is 0 Å². The lowest BCUT2D eigenvalue weighted by molar-refractivity contribution is -0.134. The number of benzene rings is 2. The second kappa shape index (κ2) is 9.39. The van der Waals surface area contributed by atoms with Gasteiger partial charge in [-0.3, -0.25) is 14.5 Å². The first-order chi connectivity index (χ1) is 12.8. The van der Waals surface area contributed by atoms with E-state index in [1.54, 1.807) is 44.2 Å². The van der Waals surface area contributed by atoms with Gasteiger partial charge in [-0.25, -0.2) is 0 Å². The molecule has 0 fully saturated rings. The maximum absolute atomic E-state index is 12.7. The van der Waals surface area contributed by atoms with Gasteiger partial charge in [-0.2, -0.15) is 0 Å². The maximum Gasteiger partial charge on any atom is 0.244 e. The van der Waals surface area contributed by atoms with Crippen molar-refractivity contribution in [3.63, 3.8) is 0 Å². The van der Waals surface area contributed by atoms with Crippen molar-refractivity contribution in [2.75, 3.05) is 40.1 Å². The number of anilines is 1. The molecule has 1 atom stereocenters. The molecule has 2 rings (SSSR count).